The Bertz CT molecular complexity index is 413. The lowest BCUT2D eigenvalue weighted by Crippen LogP contribution is -2.35. The van der Waals surface area contributed by atoms with Crippen LogP contribution >= 0.6 is 0 Å². The summed E-state index contributed by atoms with van der Waals surface area (Å²) in [5.74, 6) is 0.402. The van der Waals surface area contributed by atoms with Crippen molar-refractivity contribution in [3.8, 4) is 5.75 Å². The summed E-state index contributed by atoms with van der Waals surface area (Å²) >= 11 is 0. The predicted molar refractivity (Wildman–Crippen MR) is 71.4 cm³/mol. The highest BCUT2D eigenvalue weighted by Gasteiger charge is 2.25. The highest BCUT2D eigenvalue weighted by molar-refractivity contribution is 5.32. The van der Waals surface area contributed by atoms with Crippen LogP contribution in [0.5, 0.6) is 5.75 Å². The standard InChI is InChI=1S/C15H22FNO/c1-11-4-5-12(16)8-14(11)18-10-15(2,3)9-17-13-6-7-13/h4-5,8,13,17H,6-7,9-10H2,1-3H3. The fourth-order valence-electron chi connectivity index (χ4n) is 1.76. The largest absolute Gasteiger partial charge is 0.493 e. The highest BCUT2D eigenvalue weighted by atomic mass is 19.1. The van der Waals surface area contributed by atoms with Crippen LogP contribution in [0.3, 0.4) is 0 Å². The summed E-state index contributed by atoms with van der Waals surface area (Å²) in [6.07, 6.45) is 2.58. The van der Waals surface area contributed by atoms with Crippen molar-refractivity contribution in [1.29, 1.82) is 0 Å². The second-order valence-electron chi connectivity index (χ2n) is 6.02. The lowest BCUT2D eigenvalue weighted by atomic mass is 9.95. The van der Waals surface area contributed by atoms with Crippen molar-refractivity contribution in [2.45, 2.75) is 39.7 Å². The van der Waals surface area contributed by atoms with Crippen LogP contribution in [-0.4, -0.2) is 19.2 Å². The van der Waals surface area contributed by atoms with Crippen LogP contribution in [-0.2, 0) is 0 Å². The van der Waals surface area contributed by atoms with Crippen molar-refractivity contribution in [1.82, 2.24) is 5.32 Å². The van der Waals surface area contributed by atoms with E-state index in [1.807, 2.05) is 6.92 Å². The molecule has 0 amide bonds. The van der Waals surface area contributed by atoms with Gasteiger partial charge in [0.2, 0.25) is 0 Å². The lowest BCUT2D eigenvalue weighted by Gasteiger charge is -2.25. The molecule has 100 valence electrons. The molecule has 1 aliphatic carbocycles. The number of aryl methyl sites for hydroxylation is 1. The number of hydrogen-bond donors (Lipinski definition) is 1. The number of nitrogens with one attached hydrogen (secondary N) is 1. The number of halogens is 1. The van der Waals surface area contributed by atoms with E-state index < -0.39 is 0 Å². The van der Waals surface area contributed by atoms with Crippen molar-refractivity contribution >= 4 is 0 Å². The first kappa shape index (κ1) is 13.3. The summed E-state index contributed by atoms with van der Waals surface area (Å²) in [7, 11) is 0. The SMILES string of the molecule is Cc1ccc(F)cc1OCC(C)(C)CNC1CC1. The molecule has 0 bridgehead atoms. The third kappa shape index (κ3) is 3.98. The van der Waals surface area contributed by atoms with Crippen LogP contribution < -0.4 is 10.1 Å². The molecular weight excluding hydrogens is 229 g/mol. The summed E-state index contributed by atoms with van der Waals surface area (Å²) < 4.78 is 18.9. The second-order valence-corrected chi connectivity index (χ2v) is 6.02. The Morgan fingerprint density at radius 3 is 2.78 bits per heavy atom. The topological polar surface area (TPSA) is 21.3 Å². The molecule has 18 heavy (non-hydrogen) atoms. The molecule has 0 aromatic heterocycles. The molecule has 0 aliphatic heterocycles. The van der Waals surface area contributed by atoms with Crippen LogP contribution in [0.15, 0.2) is 18.2 Å². The average molecular weight is 251 g/mol. The Labute approximate surface area is 109 Å². The predicted octanol–water partition coefficient (Wildman–Crippen LogP) is 3.29. The van der Waals surface area contributed by atoms with Gasteiger partial charge < -0.3 is 10.1 Å². The van der Waals surface area contributed by atoms with Crippen molar-refractivity contribution in [3.05, 3.63) is 29.6 Å². The van der Waals surface area contributed by atoms with Gasteiger partial charge in [0, 0.05) is 24.1 Å². The second kappa shape index (κ2) is 5.27. The van der Waals surface area contributed by atoms with E-state index in [1.165, 1.54) is 25.0 Å². The minimum absolute atomic E-state index is 0.0569. The molecule has 0 spiro atoms. The fourth-order valence-corrected chi connectivity index (χ4v) is 1.76. The van der Waals surface area contributed by atoms with Crippen LogP contribution in [0.1, 0.15) is 32.3 Å². The Balaban J connectivity index is 1.86. The highest BCUT2D eigenvalue weighted by Crippen LogP contribution is 2.24. The Morgan fingerprint density at radius 2 is 2.11 bits per heavy atom. The van der Waals surface area contributed by atoms with Gasteiger partial charge in [0.15, 0.2) is 0 Å². The third-order valence-electron chi connectivity index (χ3n) is 3.22. The number of benzene rings is 1. The van der Waals surface area contributed by atoms with E-state index in [0.717, 1.165) is 12.1 Å². The first-order valence-electron chi connectivity index (χ1n) is 6.59. The first-order valence-corrected chi connectivity index (χ1v) is 6.59. The van der Waals surface area contributed by atoms with Gasteiger partial charge in [0.25, 0.3) is 0 Å². The zero-order valence-corrected chi connectivity index (χ0v) is 11.4. The van der Waals surface area contributed by atoms with Crippen LogP contribution in [0.4, 0.5) is 4.39 Å². The summed E-state index contributed by atoms with van der Waals surface area (Å²) in [5.41, 5.74) is 1.03. The van der Waals surface area contributed by atoms with Crippen LogP contribution in [0.2, 0.25) is 0 Å². The molecule has 2 nitrogen and oxygen atoms in total. The minimum atomic E-state index is -0.246. The Hall–Kier alpha value is -1.09. The number of hydrogen-bond acceptors (Lipinski definition) is 2. The summed E-state index contributed by atoms with van der Waals surface area (Å²) in [4.78, 5) is 0. The van der Waals surface area contributed by atoms with E-state index in [-0.39, 0.29) is 11.2 Å². The molecule has 3 heteroatoms. The molecule has 1 saturated carbocycles. The van der Waals surface area contributed by atoms with Gasteiger partial charge in [-0.05, 0) is 31.4 Å². The maximum absolute atomic E-state index is 13.1. The van der Waals surface area contributed by atoms with Gasteiger partial charge in [-0.25, -0.2) is 4.39 Å². The van der Waals surface area contributed by atoms with Gasteiger partial charge in [0.05, 0.1) is 6.61 Å². The van der Waals surface area contributed by atoms with Gasteiger partial charge >= 0.3 is 0 Å². The van der Waals surface area contributed by atoms with Crippen molar-refractivity contribution in [3.63, 3.8) is 0 Å². The maximum Gasteiger partial charge on any atom is 0.126 e. The average Bonchev–Trinajstić information content (AvgIpc) is 3.12. The number of ether oxygens (including phenoxy) is 1. The molecule has 1 aromatic carbocycles. The van der Waals surface area contributed by atoms with Gasteiger partial charge in [-0.3, -0.25) is 0 Å². The molecule has 1 aromatic rings. The molecule has 0 heterocycles. The molecular formula is C15H22FNO. The first-order chi connectivity index (χ1) is 8.46. The van der Waals surface area contributed by atoms with E-state index in [0.29, 0.717) is 18.4 Å². The molecule has 0 unspecified atom stereocenters. The zero-order chi connectivity index (χ0) is 13.2. The lowest BCUT2D eigenvalue weighted by molar-refractivity contribution is 0.174. The normalized spacial score (nSPS) is 15.8. The minimum Gasteiger partial charge on any atom is -0.493 e. The Kier molecular flexibility index (Phi) is 3.91. The number of rotatable bonds is 6. The van der Waals surface area contributed by atoms with Crippen LogP contribution in [0.25, 0.3) is 0 Å². The van der Waals surface area contributed by atoms with Crippen LogP contribution in [0, 0.1) is 18.2 Å². The van der Waals surface area contributed by atoms with Gasteiger partial charge in [0.1, 0.15) is 11.6 Å². The molecule has 1 N–H and O–H groups in total. The Morgan fingerprint density at radius 1 is 1.39 bits per heavy atom. The van der Waals surface area contributed by atoms with Gasteiger partial charge in [-0.2, -0.15) is 0 Å². The summed E-state index contributed by atoms with van der Waals surface area (Å²) in [6, 6.07) is 5.38. The monoisotopic (exact) mass is 251 g/mol. The smallest absolute Gasteiger partial charge is 0.126 e. The van der Waals surface area contributed by atoms with E-state index in [9.17, 15) is 4.39 Å². The van der Waals surface area contributed by atoms with Gasteiger partial charge in [-0.15, -0.1) is 0 Å². The molecule has 2 rings (SSSR count). The van der Waals surface area contributed by atoms with Crippen molar-refractivity contribution in [2.24, 2.45) is 5.41 Å². The van der Waals surface area contributed by atoms with Crippen molar-refractivity contribution < 1.29 is 9.13 Å². The maximum atomic E-state index is 13.1. The summed E-state index contributed by atoms with van der Waals surface area (Å²) in [6.45, 7) is 7.79. The van der Waals surface area contributed by atoms with E-state index in [1.54, 1.807) is 6.07 Å². The third-order valence-corrected chi connectivity index (χ3v) is 3.22. The van der Waals surface area contributed by atoms with E-state index in [2.05, 4.69) is 19.2 Å². The van der Waals surface area contributed by atoms with Crippen molar-refractivity contribution in [2.75, 3.05) is 13.2 Å². The quantitative estimate of drug-likeness (QED) is 0.837. The fraction of sp³-hybridized carbons (Fsp3) is 0.600. The molecule has 0 radical (unpaired) electrons. The summed E-state index contributed by atoms with van der Waals surface area (Å²) in [5, 5.41) is 3.51. The van der Waals surface area contributed by atoms with Gasteiger partial charge in [-0.1, -0.05) is 19.9 Å². The molecule has 1 aliphatic rings. The van der Waals surface area contributed by atoms with E-state index in [4.69, 9.17) is 4.74 Å². The zero-order valence-electron chi connectivity index (χ0n) is 11.4. The molecule has 0 atom stereocenters. The molecule has 1 fully saturated rings. The molecule has 0 saturated heterocycles. The van der Waals surface area contributed by atoms with E-state index >= 15 is 0 Å².